The average Bonchev–Trinajstić information content (AvgIpc) is 3.11. The van der Waals surface area contributed by atoms with E-state index < -0.39 is 0 Å². The van der Waals surface area contributed by atoms with Crippen molar-refractivity contribution >= 4 is 11.7 Å². The van der Waals surface area contributed by atoms with E-state index in [-0.39, 0.29) is 11.9 Å². The lowest BCUT2D eigenvalue weighted by molar-refractivity contribution is 0.0736. The van der Waals surface area contributed by atoms with Crippen LogP contribution in [0.5, 0.6) is 0 Å². The van der Waals surface area contributed by atoms with Gasteiger partial charge in [0.25, 0.3) is 5.91 Å². The van der Waals surface area contributed by atoms with E-state index in [4.69, 9.17) is 0 Å². The number of hydrogen-bond donors (Lipinski definition) is 1. The molecule has 0 bridgehead atoms. The number of anilines is 1. The number of nitrogens with one attached hydrogen (secondary N) is 1. The number of hydrogen-bond acceptors (Lipinski definition) is 3. The minimum Gasteiger partial charge on any atom is -0.367 e. The van der Waals surface area contributed by atoms with Gasteiger partial charge < -0.3 is 10.2 Å². The van der Waals surface area contributed by atoms with Crippen molar-refractivity contribution in [2.24, 2.45) is 0 Å². The van der Waals surface area contributed by atoms with Gasteiger partial charge in [0, 0.05) is 29.9 Å². The normalized spacial score (nSPS) is 18.4. The number of rotatable bonds is 5. The Balaban J connectivity index is 1.87. The Morgan fingerprint density at radius 1 is 1.29 bits per heavy atom. The highest BCUT2D eigenvalue weighted by Crippen LogP contribution is 2.36. The Kier molecular flexibility index (Phi) is 5.14. The van der Waals surface area contributed by atoms with Crippen LogP contribution in [0.15, 0.2) is 48.7 Å². The minimum atomic E-state index is 0.0953. The highest BCUT2D eigenvalue weighted by atomic mass is 16.2. The maximum Gasteiger partial charge on any atom is 0.254 e. The fourth-order valence-electron chi connectivity index (χ4n) is 3.22. The second kappa shape index (κ2) is 7.47. The van der Waals surface area contributed by atoms with Crippen LogP contribution in [0.25, 0.3) is 0 Å². The molecule has 1 saturated heterocycles. The van der Waals surface area contributed by atoms with Gasteiger partial charge in [0.2, 0.25) is 0 Å². The lowest BCUT2D eigenvalue weighted by atomic mass is 10.0. The molecule has 4 heteroatoms. The number of likely N-dealkylation sites (tertiary alicyclic amines) is 1. The van der Waals surface area contributed by atoms with Crippen molar-refractivity contribution in [3.8, 4) is 0 Å². The van der Waals surface area contributed by atoms with Crippen LogP contribution in [0, 0.1) is 0 Å². The zero-order valence-electron chi connectivity index (χ0n) is 14.4. The molecule has 2 atom stereocenters. The molecule has 4 nitrogen and oxygen atoms in total. The summed E-state index contributed by atoms with van der Waals surface area (Å²) in [6.07, 6.45) is 4.86. The summed E-state index contributed by atoms with van der Waals surface area (Å²) in [6, 6.07) is 14.1. The van der Waals surface area contributed by atoms with E-state index in [2.05, 4.69) is 30.2 Å². The summed E-state index contributed by atoms with van der Waals surface area (Å²) in [7, 11) is 0. The number of pyridine rings is 1. The molecule has 1 aromatic heterocycles. The zero-order valence-corrected chi connectivity index (χ0v) is 14.4. The van der Waals surface area contributed by atoms with Crippen LogP contribution >= 0.6 is 0 Å². The predicted molar refractivity (Wildman–Crippen MR) is 97.1 cm³/mol. The van der Waals surface area contributed by atoms with E-state index in [0.29, 0.717) is 6.04 Å². The molecular weight excluding hydrogens is 298 g/mol. The van der Waals surface area contributed by atoms with Gasteiger partial charge in [0.1, 0.15) is 5.82 Å². The van der Waals surface area contributed by atoms with Crippen molar-refractivity contribution in [1.29, 1.82) is 0 Å². The van der Waals surface area contributed by atoms with Gasteiger partial charge in [0.15, 0.2) is 0 Å². The second-order valence-electron chi connectivity index (χ2n) is 6.42. The van der Waals surface area contributed by atoms with Crippen molar-refractivity contribution < 1.29 is 4.79 Å². The van der Waals surface area contributed by atoms with Crippen LogP contribution in [-0.4, -0.2) is 28.4 Å². The summed E-state index contributed by atoms with van der Waals surface area (Å²) in [5, 5.41) is 3.49. The number of amides is 1. The molecule has 126 valence electrons. The van der Waals surface area contributed by atoms with Gasteiger partial charge in [-0.05, 0) is 44.4 Å². The largest absolute Gasteiger partial charge is 0.367 e. The quantitative estimate of drug-likeness (QED) is 0.894. The van der Waals surface area contributed by atoms with Crippen molar-refractivity contribution in [3.63, 3.8) is 0 Å². The molecule has 24 heavy (non-hydrogen) atoms. The van der Waals surface area contributed by atoms with Crippen LogP contribution in [0.2, 0.25) is 0 Å². The molecule has 2 heterocycles. The Bertz CT molecular complexity index is 686. The molecule has 0 aliphatic carbocycles. The summed E-state index contributed by atoms with van der Waals surface area (Å²) in [6.45, 7) is 5.11. The number of carbonyl (C=O) groups excluding carboxylic acids is 1. The van der Waals surface area contributed by atoms with Gasteiger partial charge in [-0.3, -0.25) is 4.79 Å². The van der Waals surface area contributed by atoms with Crippen molar-refractivity contribution in [3.05, 3.63) is 59.8 Å². The summed E-state index contributed by atoms with van der Waals surface area (Å²) in [5.41, 5.74) is 1.88. The monoisotopic (exact) mass is 323 g/mol. The standard InChI is InChI=1S/C20H25N3O/c1-3-15(2)22-19-17(11-7-13-21-19)18-12-8-14-23(18)20(24)16-9-5-4-6-10-16/h4-7,9-11,13,15,18H,3,8,12,14H2,1-2H3,(H,21,22)/t15-,18+/m1/s1. The maximum atomic E-state index is 12.9. The van der Waals surface area contributed by atoms with E-state index in [1.807, 2.05) is 47.5 Å². The fourth-order valence-corrected chi connectivity index (χ4v) is 3.22. The van der Waals surface area contributed by atoms with Crippen molar-refractivity contribution in [1.82, 2.24) is 9.88 Å². The summed E-state index contributed by atoms with van der Waals surface area (Å²) in [5.74, 6) is 1.01. The van der Waals surface area contributed by atoms with Crippen LogP contribution in [-0.2, 0) is 0 Å². The van der Waals surface area contributed by atoms with Gasteiger partial charge in [0.05, 0.1) is 6.04 Å². The second-order valence-corrected chi connectivity index (χ2v) is 6.42. The molecular formula is C20H25N3O. The molecule has 1 N–H and O–H groups in total. The Hall–Kier alpha value is -2.36. The number of carbonyl (C=O) groups is 1. The van der Waals surface area contributed by atoms with Crippen LogP contribution in [0.3, 0.4) is 0 Å². The van der Waals surface area contributed by atoms with Crippen molar-refractivity contribution in [2.45, 2.75) is 45.2 Å². The average molecular weight is 323 g/mol. The van der Waals surface area contributed by atoms with Crippen LogP contribution in [0.4, 0.5) is 5.82 Å². The Morgan fingerprint density at radius 2 is 2.08 bits per heavy atom. The van der Waals surface area contributed by atoms with E-state index in [1.165, 1.54) is 0 Å². The lowest BCUT2D eigenvalue weighted by Gasteiger charge is -2.27. The van der Waals surface area contributed by atoms with Gasteiger partial charge in [-0.2, -0.15) is 0 Å². The number of benzene rings is 1. The maximum absolute atomic E-state index is 12.9. The first-order valence-corrected chi connectivity index (χ1v) is 8.78. The van der Waals surface area contributed by atoms with E-state index in [9.17, 15) is 4.79 Å². The first kappa shape index (κ1) is 16.5. The van der Waals surface area contributed by atoms with E-state index in [0.717, 1.165) is 42.8 Å². The Labute approximate surface area is 143 Å². The van der Waals surface area contributed by atoms with E-state index >= 15 is 0 Å². The highest BCUT2D eigenvalue weighted by Gasteiger charge is 2.32. The molecule has 3 rings (SSSR count). The minimum absolute atomic E-state index is 0.0953. The van der Waals surface area contributed by atoms with E-state index in [1.54, 1.807) is 0 Å². The molecule has 0 spiro atoms. The first-order chi connectivity index (χ1) is 11.7. The van der Waals surface area contributed by atoms with Crippen LogP contribution < -0.4 is 5.32 Å². The SMILES string of the molecule is CC[C@@H](C)Nc1ncccc1[C@@H]1CCCN1C(=O)c1ccccc1. The summed E-state index contributed by atoms with van der Waals surface area (Å²) >= 11 is 0. The number of nitrogens with zero attached hydrogens (tertiary/aromatic N) is 2. The molecule has 0 unspecified atom stereocenters. The van der Waals surface area contributed by atoms with Crippen molar-refractivity contribution in [2.75, 3.05) is 11.9 Å². The molecule has 2 aromatic rings. The van der Waals surface area contributed by atoms with Gasteiger partial charge >= 0.3 is 0 Å². The molecule has 1 fully saturated rings. The Morgan fingerprint density at radius 3 is 2.83 bits per heavy atom. The third-order valence-electron chi connectivity index (χ3n) is 4.73. The third-order valence-corrected chi connectivity index (χ3v) is 4.73. The van der Waals surface area contributed by atoms with Gasteiger partial charge in [-0.15, -0.1) is 0 Å². The highest BCUT2D eigenvalue weighted by molar-refractivity contribution is 5.94. The summed E-state index contributed by atoms with van der Waals surface area (Å²) in [4.78, 5) is 19.4. The predicted octanol–water partition coefficient (Wildman–Crippen LogP) is 4.27. The molecule has 0 radical (unpaired) electrons. The third kappa shape index (κ3) is 3.42. The smallest absolute Gasteiger partial charge is 0.254 e. The molecule has 0 saturated carbocycles. The topological polar surface area (TPSA) is 45.2 Å². The number of aromatic nitrogens is 1. The van der Waals surface area contributed by atoms with Crippen LogP contribution in [0.1, 0.15) is 55.1 Å². The molecule has 1 aliphatic rings. The summed E-state index contributed by atoms with van der Waals surface area (Å²) < 4.78 is 0. The van der Waals surface area contributed by atoms with Gasteiger partial charge in [-0.1, -0.05) is 31.2 Å². The molecule has 1 aromatic carbocycles. The lowest BCUT2D eigenvalue weighted by Crippen LogP contribution is -2.31. The molecule has 1 aliphatic heterocycles. The van der Waals surface area contributed by atoms with Gasteiger partial charge in [-0.25, -0.2) is 4.98 Å². The molecule has 1 amide bonds. The fraction of sp³-hybridized carbons (Fsp3) is 0.400. The zero-order chi connectivity index (χ0) is 16.9. The first-order valence-electron chi connectivity index (χ1n) is 8.78.